The van der Waals surface area contributed by atoms with Gasteiger partial charge in [0.05, 0.1) is 11.3 Å². The molecule has 1 aromatic carbocycles. The van der Waals surface area contributed by atoms with Crippen LogP contribution in [0, 0.1) is 18.3 Å². The fourth-order valence-corrected chi connectivity index (χ4v) is 1.50. The van der Waals surface area contributed by atoms with Crippen molar-refractivity contribution in [1.82, 2.24) is 0 Å². The van der Waals surface area contributed by atoms with E-state index in [9.17, 15) is 0 Å². The third-order valence-electron chi connectivity index (χ3n) is 2.39. The normalized spacial score (nSPS) is 9.67. The molecule has 2 heteroatoms. The summed E-state index contributed by atoms with van der Waals surface area (Å²) in [6, 6.07) is 8.15. The number of nitriles is 1. The van der Waals surface area contributed by atoms with Crippen molar-refractivity contribution in [3.8, 4) is 6.07 Å². The van der Waals surface area contributed by atoms with Crippen LogP contribution in [0.5, 0.6) is 0 Å². The Hall–Kier alpha value is -1.49. The number of nitrogens with one attached hydrogen (secondary N) is 1. The van der Waals surface area contributed by atoms with Gasteiger partial charge in [-0.25, -0.2) is 0 Å². The second-order valence-electron chi connectivity index (χ2n) is 3.79. The summed E-state index contributed by atoms with van der Waals surface area (Å²) in [5, 5.41) is 12.3. The second-order valence-corrected chi connectivity index (χ2v) is 3.79. The predicted octanol–water partition coefficient (Wildman–Crippen LogP) is 3.47. The van der Waals surface area contributed by atoms with Gasteiger partial charge in [-0.05, 0) is 31.0 Å². The molecule has 0 aliphatic carbocycles. The van der Waals surface area contributed by atoms with Crippen LogP contribution in [0.2, 0.25) is 0 Å². The molecule has 1 rings (SSSR count). The minimum atomic E-state index is 0.742. The lowest BCUT2D eigenvalue weighted by atomic mass is 10.1. The van der Waals surface area contributed by atoms with Crippen molar-refractivity contribution < 1.29 is 0 Å². The smallest absolute Gasteiger partial charge is 0.101 e. The summed E-state index contributed by atoms with van der Waals surface area (Å²) in [4.78, 5) is 0. The minimum Gasteiger partial charge on any atom is -0.384 e. The fraction of sp³-hybridized carbons (Fsp3) is 0.462. The SMILES string of the molecule is CCCCCNc1ccc(C)cc1C#N. The van der Waals surface area contributed by atoms with E-state index in [1.807, 2.05) is 25.1 Å². The maximum atomic E-state index is 8.96. The van der Waals surface area contributed by atoms with E-state index in [1.165, 1.54) is 12.8 Å². The molecule has 1 N–H and O–H groups in total. The molecule has 1 aromatic rings. The monoisotopic (exact) mass is 202 g/mol. The number of benzene rings is 1. The quantitative estimate of drug-likeness (QED) is 0.742. The first-order valence-electron chi connectivity index (χ1n) is 5.52. The van der Waals surface area contributed by atoms with Crippen LogP contribution >= 0.6 is 0 Å². The topological polar surface area (TPSA) is 35.8 Å². The molecule has 0 atom stereocenters. The summed E-state index contributed by atoms with van der Waals surface area (Å²) in [7, 11) is 0. The van der Waals surface area contributed by atoms with Gasteiger partial charge in [0.2, 0.25) is 0 Å². The fourth-order valence-electron chi connectivity index (χ4n) is 1.50. The molecule has 0 saturated carbocycles. The highest BCUT2D eigenvalue weighted by atomic mass is 14.9. The van der Waals surface area contributed by atoms with E-state index in [0.717, 1.165) is 29.8 Å². The standard InChI is InChI=1S/C13H18N2/c1-3-4-5-8-15-13-7-6-11(2)9-12(13)10-14/h6-7,9,15H,3-5,8H2,1-2H3. The molecule has 0 unspecified atom stereocenters. The van der Waals surface area contributed by atoms with Gasteiger partial charge in [-0.2, -0.15) is 5.26 Å². The highest BCUT2D eigenvalue weighted by molar-refractivity contribution is 5.58. The van der Waals surface area contributed by atoms with E-state index in [4.69, 9.17) is 5.26 Å². The Bertz CT molecular complexity index is 350. The third-order valence-corrected chi connectivity index (χ3v) is 2.39. The molecule has 0 heterocycles. The zero-order chi connectivity index (χ0) is 11.1. The van der Waals surface area contributed by atoms with Gasteiger partial charge in [-0.3, -0.25) is 0 Å². The van der Waals surface area contributed by atoms with Gasteiger partial charge >= 0.3 is 0 Å². The summed E-state index contributed by atoms with van der Waals surface area (Å²) in [6.45, 7) is 5.14. The number of unbranched alkanes of at least 4 members (excludes halogenated alkanes) is 2. The molecule has 0 aromatic heterocycles. The van der Waals surface area contributed by atoms with Crippen molar-refractivity contribution in [2.75, 3.05) is 11.9 Å². The van der Waals surface area contributed by atoms with Crippen molar-refractivity contribution in [3.05, 3.63) is 29.3 Å². The Labute approximate surface area is 91.9 Å². The van der Waals surface area contributed by atoms with Gasteiger partial charge in [0.25, 0.3) is 0 Å². The van der Waals surface area contributed by atoms with Crippen LogP contribution in [-0.4, -0.2) is 6.54 Å². The van der Waals surface area contributed by atoms with Gasteiger partial charge in [0.15, 0.2) is 0 Å². The van der Waals surface area contributed by atoms with Crippen LogP contribution in [-0.2, 0) is 0 Å². The lowest BCUT2D eigenvalue weighted by molar-refractivity contribution is 0.743. The summed E-state index contributed by atoms with van der Waals surface area (Å²) in [5.74, 6) is 0. The lowest BCUT2D eigenvalue weighted by Gasteiger charge is -2.08. The number of rotatable bonds is 5. The van der Waals surface area contributed by atoms with E-state index in [-0.39, 0.29) is 0 Å². The molecule has 15 heavy (non-hydrogen) atoms. The van der Waals surface area contributed by atoms with E-state index >= 15 is 0 Å². The van der Waals surface area contributed by atoms with Gasteiger partial charge in [0.1, 0.15) is 6.07 Å². The Morgan fingerprint density at radius 1 is 1.33 bits per heavy atom. The molecule has 2 nitrogen and oxygen atoms in total. The largest absolute Gasteiger partial charge is 0.384 e. The second kappa shape index (κ2) is 6.08. The maximum Gasteiger partial charge on any atom is 0.101 e. The molecule has 0 radical (unpaired) electrons. The molecule has 0 aliphatic heterocycles. The summed E-state index contributed by atoms with van der Waals surface area (Å²) >= 11 is 0. The van der Waals surface area contributed by atoms with Crippen molar-refractivity contribution in [2.24, 2.45) is 0 Å². The van der Waals surface area contributed by atoms with Crippen LogP contribution in [0.1, 0.15) is 37.3 Å². The number of nitrogens with zero attached hydrogens (tertiary/aromatic N) is 1. The van der Waals surface area contributed by atoms with Crippen molar-refractivity contribution in [3.63, 3.8) is 0 Å². The highest BCUT2D eigenvalue weighted by Crippen LogP contribution is 2.16. The number of aryl methyl sites for hydroxylation is 1. The molecule has 0 saturated heterocycles. The highest BCUT2D eigenvalue weighted by Gasteiger charge is 2.00. The molecule has 0 spiro atoms. The van der Waals surface area contributed by atoms with Crippen LogP contribution in [0.15, 0.2) is 18.2 Å². The number of anilines is 1. The minimum absolute atomic E-state index is 0.742. The van der Waals surface area contributed by atoms with E-state index in [1.54, 1.807) is 0 Å². The zero-order valence-corrected chi connectivity index (χ0v) is 9.51. The van der Waals surface area contributed by atoms with Crippen LogP contribution < -0.4 is 5.32 Å². The van der Waals surface area contributed by atoms with Crippen molar-refractivity contribution in [2.45, 2.75) is 33.1 Å². The van der Waals surface area contributed by atoms with Crippen LogP contribution in [0.3, 0.4) is 0 Å². The van der Waals surface area contributed by atoms with E-state index in [0.29, 0.717) is 0 Å². The van der Waals surface area contributed by atoms with Gasteiger partial charge in [-0.1, -0.05) is 25.8 Å². The number of hydrogen-bond acceptors (Lipinski definition) is 2. The molecule has 0 bridgehead atoms. The average Bonchev–Trinajstić information content (AvgIpc) is 2.26. The van der Waals surface area contributed by atoms with E-state index < -0.39 is 0 Å². The van der Waals surface area contributed by atoms with Gasteiger partial charge in [-0.15, -0.1) is 0 Å². The van der Waals surface area contributed by atoms with Crippen LogP contribution in [0.25, 0.3) is 0 Å². The Kier molecular flexibility index (Phi) is 4.70. The molecular formula is C13H18N2. The van der Waals surface area contributed by atoms with Crippen molar-refractivity contribution in [1.29, 1.82) is 5.26 Å². The first-order valence-corrected chi connectivity index (χ1v) is 5.52. The molecule has 0 amide bonds. The zero-order valence-electron chi connectivity index (χ0n) is 9.51. The number of hydrogen-bond donors (Lipinski definition) is 1. The summed E-state index contributed by atoms with van der Waals surface area (Å²) in [5.41, 5.74) is 2.83. The Morgan fingerprint density at radius 2 is 2.13 bits per heavy atom. The average molecular weight is 202 g/mol. The molecule has 0 aliphatic rings. The molecule has 80 valence electrons. The van der Waals surface area contributed by atoms with Gasteiger partial charge < -0.3 is 5.32 Å². The van der Waals surface area contributed by atoms with Gasteiger partial charge in [0, 0.05) is 6.54 Å². The molecule has 0 fully saturated rings. The maximum absolute atomic E-state index is 8.96. The third kappa shape index (κ3) is 3.63. The first-order chi connectivity index (χ1) is 7.27. The summed E-state index contributed by atoms with van der Waals surface area (Å²) in [6.07, 6.45) is 3.62. The molecular weight excluding hydrogens is 184 g/mol. The van der Waals surface area contributed by atoms with E-state index in [2.05, 4.69) is 18.3 Å². The Morgan fingerprint density at radius 3 is 2.80 bits per heavy atom. The predicted molar refractivity (Wildman–Crippen MR) is 63.9 cm³/mol. The summed E-state index contributed by atoms with van der Waals surface area (Å²) < 4.78 is 0. The lowest BCUT2D eigenvalue weighted by Crippen LogP contribution is -2.03. The Balaban J connectivity index is 2.57. The van der Waals surface area contributed by atoms with Crippen LogP contribution in [0.4, 0.5) is 5.69 Å². The first kappa shape index (κ1) is 11.6. The van der Waals surface area contributed by atoms with Crippen molar-refractivity contribution >= 4 is 5.69 Å².